The molecule has 0 aromatic heterocycles. The maximum atomic E-state index is 5.76. The van der Waals surface area contributed by atoms with Crippen molar-refractivity contribution in [1.82, 2.24) is 0 Å². The zero-order valence-electron chi connectivity index (χ0n) is 14.5. The lowest BCUT2D eigenvalue weighted by Crippen LogP contribution is -2.00. The average Bonchev–Trinajstić information content (AvgIpc) is 3.22. The minimum atomic E-state index is 0.196. The highest BCUT2D eigenvalue weighted by molar-refractivity contribution is 8.23. The molecule has 1 aliphatic carbocycles. The minimum absolute atomic E-state index is 0.196. The third-order valence-electron chi connectivity index (χ3n) is 4.78. The first kappa shape index (κ1) is 19.1. The standard InChI is InChI=1S/C21H22S4/c1-21(2)17(19(22)24-13-15-9-5-3-6-10-15)18(21)20(23)25-14-16-11-7-4-8-12-16/h3-12,17-18H,13-14H2,1-2H3. The molecule has 0 spiro atoms. The fraction of sp³-hybridized carbons (Fsp3) is 0.333. The smallest absolute Gasteiger partial charge is 0.0525 e. The van der Waals surface area contributed by atoms with Crippen molar-refractivity contribution >= 4 is 56.4 Å². The first-order valence-corrected chi connectivity index (χ1v) is 11.2. The molecule has 2 atom stereocenters. The Balaban J connectivity index is 1.53. The number of hydrogen-bond acceptors (Lipinski definition) is 4. The normalized spacial score (nSPS) is 20.9. The van der Waals surface area contributed by atoms with E-state index in [-0.39, 0.29) is 5.41 Å². The molecule has 0 amide bonds. The lowest BCUT2D eigenvalue weighted by molar-refractivity contribution is 0.607. The molecule has 0 heterocycles. The Morgan fingerprint density at radius 2 is 1.12 bits per heavy atom. The van der Waals surface area contributed by atoms with Crippen LogP contribution in [0, 0.1) is 17.3 Å². The molecule has 1 saturated carbocycles. The van der Waals surface area contributed by atoms with Gasteiger partial charge in [-0.25, -0.2) is 0 Å². The van der Waals surface area contributed by atoms with Crippen LogP contribution in [0.4, 0.5) is 0 Å². The molecule has 0 aliphatic heterocycles. The summed E-state index contributed by atoms with van der Waals surface area (Å²) < 4.78 is 2.23. The van der Waals surface area contributed by atoms with E-state index in [1.807, 2.05) is 0 Å². The largest absolute Gasteiger partial charge is 0.114 e. The summed E-state index contributed by atoms with van der Waals surface area (Å²) in [5.74, 6) is 2.74. The molecule has 130 valence electrons. The summed E-state index contributed by atoms with van der Waals surface area (Å²) in [6, 6.07) is 21.1. The van der Waals surface area contributed by atoms with E-state index in [2.05, 4.69) is 74.5 Å². The van der Waals surface area contributed by atoms with Crippen molar-refractivity contribution in [2.75, 3.05) is 0 Å². The molecular formula is C21H22S4. The highest BCUT2D eigenvalue weighted by Crippen LogP contribution is 2.62. The van der Waals surface area contributed by atoms with Gasteiger partial charge in [-0.15, -0.1) is 23.5 Å². The maximum Gasteiger partial charge on any atom is 0.0525 e. The molecular weight excluding hydrogens is 380 g/mol. The van der Waals surface area contributed by atoms with Crippen molar-refractivity contribution < 1.29 is 0 Å². The van der Waals surface area contributed by atoms with Crippen LogP contribution in [-0.2, 0) is 11.5 Å². The molecule has 0 nitrogen and oxygen atoms in total. The molecule has 0 saturated heterocycles. The van der Waals surface area contributed by atoms with Crippen LogP contribution in [0.2, 0.25) is 0 Å². The number of benzene rings is 2. The van der Waals surface area contributed by atoms with Crippen LogP contribution in [0.1, 0.15) is 25.0 Å². The second kappa shape index (κ2) is 8.34. The summed E-state index contributed by atoms with van der Waals surface area (Å²) in [6.07, 6.45) is 0. The first-order valence-electron chi connectivity index (χ1n) is 8.41. The second-order valence-corrected chi connectivity index (χ2v) is 10.4. The first-order chi connectivity index (χ1) is 12.0. The van der Waals surface area contributed by atoms with Gasteiger partial charge in [-0.2, -0.15) is 0 Å². The van der Waals surface area contributed by atoms with Crippen molar-refractivity contribution in [3.63, 3.8) is 0 Å². The van der Waals surface area contributed by atoms with Gasteiger partial charge in [-0.1, -0.05) is 98.9 Å². The summed E-state index contributed by atoms with van der Waals surface area (Å²) >= 11 is 15.1. The van der Waals surface area contributed by atoms with Crippen molar-refractivity contribution in [3.8, 4) is 0 Å². The third kappa shape index (κ3) is 4.73. The zero-order valence-corrected chi connectivity index (χ0v) is 17.7. The molecule has 0 N–H and O–H groups in total. The number of rotatable bonds is 6. The topological polar surface area (TPSA) is 0 Å². The molecule has 2 unspecified atom stereocenters. The molecule has 2 aromatic rings. The van der Waals surface area contributed by atoms with Gasteiger partial charge in [-0.05, 0) is 16.5 Å². The summed E-state index contributed by atoms with van der Waals surface area (Å²) in [5.41, 5.74) is 2.85. The van der Waals surface area contributed by atoms with Crippen molar-refractivity contribution in [1.29, 1.82) is 0 Å². The quantitative estimate of drug-likeness (QED) is 0.488. The van der Waals surface area contributed by atoms with E-state index < -0.39 is 0 Å². The van der Waals surface area contributed by atoms with E-state index in [0.29, 0.717) is 11.8 Å². The number of thiocarbonyl (C=S) groups is 2. The summed E-state index contributed by atoms with van der Waals surface area (Å²) in [7, 11) is 0. The van der Waals surface area contributed by atoms with E-state index >= 15 is 0 Å². The van der Waals surface area contributed by atoms with Crippen LogP contribution in [-0.4, -0.2) is 8.39 Å². The van der Waals surface area contributed by atoms with Crippen molar-refractivity contribution in [2.24, 2.45) is 17.3 Å². The Morgan fingerprint density at radius 3 is 1.48 bits per heavy atom. The third-order valence-corrected chi connectivity index (χ3v) is 8.03. The fourth-order valence-corrected chi connectivity index (χ4v) is 6.63. The van der Waals surface area contributed by atoms with E-state index in [1.54, 1.807) is 23.5 Å². The number of hydrogen-bond donors (Lipinski definition) is 0. The molecule has 3 rings (SSSR count). The Hall–Kier alpha value is -0.680. The molecule has 2 aromatic carbocycles. The molecule has 4 heteroatoms. The van der Waals surface area contributed by atoms with Gasteiger partial charge in [0.15, 0.2) is 0 Å². The van der Waals surface area contributed by atoms with Gasteiger partial charge >= 0.3 is 0 Å². The monoisotopic (exact) mass is 402 g/mol. The maximum absolute atomic E-state index is 5.76. The van der Waals surface area contributed by atoms with Crippen LogP contribution in [0.5, 0.6) is 0 Å². The molecule has 1 fully saturated rings. The van der Waals surface area contributed by atoms with Gasteiger partial charge in [0.25, 0.3) is 0 Å². The van der Waals surface area contributed by atoms with Crippen LogP contribution in [0.15, 0.2) is 60.7 Å². The van der Waals surface area contributed by atoms with Crippen LogP contribution >= 0.6 is 48.0 Å². The Labute approximate surface area is 170 Å². The number of thioether (sulfide) groups is 2. The molecule has 0 radical (unpaired) electrons. The van der Waals surface area contributed by atoms with Crippen molar-refractivity contribution in [2.45, 2.75) is 25.4 Å². The van der Waals surface area contributed by atoms with Gasteiger partial charge in [0.05, 0.1) is 8.39 Å². The second-order valence-electron chi connectivity index (χ2n) is 6.96. The van der Waals surface area contributed by atoms with Crippen LogP contribution in [0.25, 0.3) is 0 Å². The predicted octanol–water partition coefficient (Wildman–Crippen LogP) is 6.78. The summed E-state index contributed by atoms with van der Waals surface area (Å²) in [4.78, 5) is 0. The lowest BCUT2D eigenvalue weighted by Gasteiger charge is -2.05. The Morgan fingerprint density at radius 1 is 0.760 bits per heavy atom. The van der Waals surface area contributed by atoms with E-state index in [4.69, 9.17) is 24.4 Å². The van der Waals surface area contributed by atoms with Gasteiger partial charge in [0, 0.05) is 23.3 Å². The summed E-state index contributed by atoms with van der Waals surface area (Å²) in [6.45, 7) is 4.60. The molecule has 1 aliphatic rings. The highest BCUT2D eigenvalue weighted by atomic mass is 32.2. The molecule has 25 heavy (non-hydrogen) atoms. The highest BCUT2D eigenvalue weighted by Gasteiger charge is 2.61. The average molecular weight is 403 g/mol. The summed E-state index contributed by atoms with van der Waals surface area (Å²) in [5, 5.41) is 0. The Bertz CT molecular complexity index is 674. The SMILES string of the molecule is CC1(C)C(C(=S)SCc2ccccc2)C1C(=S)SCc1ccccc1. The minimum Gasteiger partial charge on any atom is -0.114 e. The van der Waals surface area contributed by atoms with Gasteiger partial charge in [0.1, 0.15) is 0 Å². The van der Waals surface area contributed by atoms with E-state index in [1.165, 1.54) is 11.1 Å². The van der Waals surface area contributed by atoms with Crippen LogP contribution < -0.4 is 0 Å². The Kier molecular flexibility index (Phi) is 6.37. The zero-order chi connectivity index (χ0) is 17.9. The lowest BCUT2D eigenvalue weighted by atomic mass is 10.1. The van der Waals surface area contributed by atoms with Gasteiger partial charge < -0.3 is 0 Å². The van der Waals surface area contributed by atoms with Gasteiger partial charge in [-0.3, -0.25) is 0 Å². The molecule has 0 bridgehead atoms. The van der Waals surface area contributed by atoms with Gasteiger partial charge in [0.2, 0.25) is 0 Å². The fourth-order valence-electron chi connectivity index (χ4n) is 3.15. The van der Waals surface area contributed by atoms with E-state index in [0.717, 1.165) is 19.9 Å². The van der Waals surface area contributed by atoms with Crippen molar-refractivity contribution in [3.05, 3.63) is 71.8 Å². The van der Waals surface area contributed by atoms with E-state index in [9.17, 15) is 0 Å². The van der Waals surface area contributed by atoms with Crippen LogP contribution in [0.3, 0.4) is 0 Å². The predicted molar refractivity (Wildman–Crippen MR) is 121 cm³/mol.